The fourth-order valence-electron chi connectivity index (χ4n) is 4.45. The van der Waals surface area contributed by atoms with Crippen LogP contribution in [-0.4, -0.2) is 52.3 Å². The Balaban J connectivity index is 2.00. The SMILES string of the molecule is CCOc1cc2ncc(CC(N)=O)c(Nc3cccc(CNC(=O)C(N)CCS(C)=O)c3CC)c2cc1OCC. The summed E-state index contributed by atoms with van der Waals surface area (Å²) in [6, 6.07) is 8.77. The molecule has 1 aromatic heterocycles. The number of nitrogens with one attached hydrogen (secondary N) is 2. The van der Waals surface area contributed by atoms with Crippen molar-refractivity contribution in [2.45, 2.75) is 52.6 Å². The van der Waals surface area contributed by atoms with Crippen LogP contribution in [0.2, 0.25) is 0 Å². The van der Waals surface area contributed by atoms with Crippen LogP contribution in [0.4, 0.5) is 11.4 Å². The molecule has 11 heteroatoms. The second-order valence-corrected chi connectivity index (χ2v) is 10.9. The number of fused-ring (bicyclic) bond motifs is 1. The maximum absolute atomic E-state index is 12.5. The molecule has 0 aliphatic rings. The summed E-state index contributed by atoms with van der Waals surface area (Å²) in [5.41, 5.74) is 16.3. The van der Waals surface area contributed by atoms with Gasteiger partial charge in [0.2, 0.25) is 11.8 Å². The minimum absolute atomic E-state index is 0.0000957. The van der Waals surface area contributed by atoms with E-state index in [9.17, 15) is 13.8 Å². The Kier molecular flexibility index (Phi) is 11.3. The first kappa shape index (κ1) is 30.8. The topological polar surface area (TPSA) is 159 Å². The molecule has 10 nitrogen and oxygen atoms in total. The van der Waals surface area contributed by atoms with Crippen molar-refractivity contribution in [2.24, 2.45) is 11.5 Å². The molecule has 0 saturated heterocycles. The zero-order valence-electron chi connectivity index (χ0n) is 23.5. The average molecular weight is 570 g/mol. The van der Waals surface area contributed by atoms with Crippen molar-refractivity contribution < 1.29 is 23.3 Å². The Morgan fingerprint density at radius 1 is 1.07 bits per heavy atom. The van der Waals surface area contributed by atoms with Gasteiger partial charge in [-0.3, -0.25) is 18.8 Å². The Morgan fingerprint density at radius 2 is 1.77 bits per heavy atom. The predicted molar refractivity (Wildman–Crippen MR) is 159 cm³/mol. The van der Waals surface area contributed by atoms with E-state index in [1.165, 1.54) is 0 Å². The summed E-state index contributed by atoms with van der Waals surface area (Å²) in [7, 11) is -1.01. The number of anilines is 2. The van der Waals surface area contributed by atoms with Crippen LogP contribution in [-0.2, 0) is 39.8 Å². The molecule has 2 aromatic carbocycles. The van der Waals surface area contributed by atoms with E-state index < -0.39 is 22.7 Å². The Morgan fingerprint density at radius 3 is 2.40 bits per heavy atom. The quantitative estimate of drug-likeness (QED) is 0.217. The largest absolute Gasteiger partial charge is 0.490 e. The number of rotatable bonds is 15. The van der Waals surface area contributed by atoms with E-state index in [0.717, 1.165) is 22.2 Å². The minimum atomic E-state index is -1.01. The number of benzene rings is 2. The first-order chi connectivity index (χ1) is 19.2. The summed E-state index contributed by atoms with van der Waals surface area (Å²) in [6.07, 6.45) is 4.27. The Hall–Kier alpha value is -3.70. The fraction of sp³-hybridized carbons (Fsp3) is 0.414. The summed E-state index contributed by atoms with van der Waals surface area (Å²) in [4.78, 5) is 29.0. The van der Waals surface area contributed by atoms with Gasteiger partial charge >= 0.3 is 0 Å². The van der Waals surface area contributed by atoms with Gasteiger partial charge in [0.05, 0.1) is 36.9 Å². The van der Waals surface area contributed by atoms with Gasteiger partial charge < -0.3 is 31.6 Å². The van der Waals surface area contributed by atoms with Crippen molar-refractivity contribution in [3.05, 3.63) is 53.2 Å². The normalized spacial score (nSPS) is 12.5. The van der Waals surface area contributed by atoms with E-state index in [4.69, 9.17) is 20.9 Å². The standard InChI is InChI=1S/C29H39N5O5S/c1-5-20-18(16-33-29(36)22(30)11-12-40(4)37)9-8-10-23(20)34-28-19(13-27(31)35)17-32-24-15-26(39-7-3)25(38-6-2)14-21(24)28/h8-10,14-15,17,22H,5-7,11-13,16,30H2,1-4H3,(H2,31,35)(H,32,34)(H,33,36). The molecule has 0 saturated carbocycles. The molecule has 0 spiro atoms. The maximum Gasteiger partial charge on any atom is 0.237 e. The summed E-state index contributed by atoms with van der Waals surface area (Å²) in [5.74, 6) is 0.777. The molecule has 40 heavy (non-hydrogen) atoms. The van der Waals surface area contributed by atoms with Crippen LogP contribution in [0.5, 0.6) is 11.5 Å². The van der Waals surface area contributed by atoms with Gasteiger partial charge in [-0.15, -0.1) is 0 Å². The molecular weight excluding hydrogens is 530 g/mol. The van der Waals surface area contributed by atoms with Crippen LogP contribution in [0.15, 0.2) is 36.5 Å². The number of pyridine rings is 1. The summed E-state index contributed by atoms with van der Waals surface area (Å²) in [5, 5.41) is 7.19. The number of ether oxygens (including phenoxy) is 2. The molecule has 2 unspecified atom stereocenters. The van der Waals surface area contributed by atoms with Gasteiger partial charge in [-0.2, -0.15) is 0 Å². The summed E-state index contributed by atoms with van der Waals surface area (Å²) in [6.45, 7) is 7.05. The first-order valence-electron chi connectivity index (χ1n) is 13.4. The van der Waals surface area contributed by atoms with Gasteiger partial charge in [0.25, 0.3) is 0 Å². The lowest BCUT2D eigenvalue weighted by molar-refractivity contribution is -0.122. The van der Waals surface area contributed by atoms with Crippen LogP contribution in [0, 0.1) is 0 Å². The molecule has 3 rings (SSSR count). The van der Waals surface area contributed by atoms with E-state index in [1.54, 1.807) is 12.5 Å². The molecule has 0 aliphatic heterocycles. The molecule has 0 bridgehead atoms. The number of aromatic nitrogens is 1. The van der Waals surface area contributed by atoms with Gasteiger partial charge in [-0.1, -0.05) is 19.1 Å². The zero-order valence-corrected chi connectivity index (χ0v) is 24.4. The van der Waals surface area contributed by atoms with E-state index in [0.29, 0.717) is 60.1 Å². The monoisotopic (exact) mass is 569 g/mol. The summed E-state index contributed by atoms with van der Waals surface area (Å²) < 4.78 is 23.0. The maximum atomic E-state index is 12.5. The summed E-state index contributed by atoms with van der Waals surface area (Å²) >= 11 is 0. The third kappa shape index (κ3) is 7.92. The molecular formula is C29H39N5O5S. The first-order valence-corrected chi connectivity index (χ1v) is 15.1. The number of hydrogen-bond acceptors (Lipinski definition) is 8. The number of carbonyl (C=O) groups is 2. The van der Waals surface area contributed by atoms with E-state index >= 15 is 0 Å². The lowest BCUT2D eigenvalue weighted by Gasteiger charge is -2.20. The van der Waals surface area contributed by atoms with Crippen molar-refractivity contribution in [2.75, 3.05) is 30.5 Å². The molecule has 6 N–H and O–H groups in total. The van der Waals surface area contributed by atoms with Crippen molar-refractivity contribution in [3.63, 3.8) is 0 Å². The molecule has 2 amide bonds. The number of amides is 2. The van der Waals surface area contributed by atoms with Crippen molar-refractivity contribution in [3.8, 4) is 11.5 Å². The van der Waals surface area contributed by atoms with Gasteiger partial charge in [-0.25, -0.2) is 0 Å². The van der Waals surface area contributed by atoms with E-state index in [1.807, 2.05) is 51.1 Å². The Bertz CT molecular complexity index is 1380. The average Bonchev–Trinajstić information content (AvgIpc) is 2.92. The van der Waals surface area contributed by atoms with Crippen LogP contribution >= 0.6 is 0 Å². The second-order valence-electron chi connectivity index (χ2n) is 9.30. The lowest BCUT2D eigenvalue weighted by Crippen LogP contribution is -2.41. The molecule has 0 fully saturated rings. The molecule has 2 atom stereocenters. The highest BCUT2D eigenvalue weighted by molar-refractivity contribution is 7.84. The number of carbonyl (C=O) groups excluding carboxylic acids is 2. The van der Waals surface area contributed by atoms with Gasteiger partial charge in [-0.05, 0) is 49.9 Å². The highest BCUT2D eigenvalue weighted by atomic mass is 32.2. The lowest BCUT2D eigenvalue weighted by atomic mass is 10.0. The third-order valence-electron chi connectivity index (χ3n) is 6.37. The van der Waals surface area contributed by atoms with Crippen LogP contribution in [0.3, 0.4) is 0 Å². The minimum Gasteiger partial charge on any atom is -0.490 e. The molecule has 3 aromatic rings. The van der Waals surface area contributed by atoms with Gasteiger partial charge in [0.15, 0.2) is 11.5 Å². The number of nitrogens with zero attached hydrogens (tertiary/aromatic N) is 1. The van der Waals surface area contributed by atoms with Crippen molar-refractivity contribution in [1.82, 2.24) is 10.3 Å². The molecule has 0 aliphatic carbocycles. The highest BCUT2D eigenvalue weighted by Crippen LogP contribution is 2.38. The third-order valence-corrected chi connectivity index (χ3v) is 7.18. The number of nitrogens with two attached hydrogens (primary N) is 2. The molecule has 216 valence electrons. The second kappa shape index (κ2) is 14.6. The van der Waals surface area contributed by atoms with Gasteiger partial charge in [0.1, 0.15) is 0 Å². The Labute approximate surface area is 237 Å². The van der Waals surface area contributed by atoms with Crippen LogP contribution in [0.25, 0.3) is 10.9 Å². The van der Waals surface area contributed by atoms with Crippen molar-refractivity contribution in [1.29, 1.82) is 0 Å². The van der Waals surface area contributed by atoms with E-state index in [2.05, 4.69) is 15.6 Å². The predicted octanol–water partition coefficient (Wildman–Crippen LogP) is 3.08. The zero-order chi connectivity index (χ0) is 29.2. The molecule has 0 radical (unpaired) electrons. The van der Waals surface area contributed by atoms with Crippen LogP contribution < -0.4 is 31.6 Å². The van der Waals surface area contributed by atoms with E-state index in [-0.39, 0.29) is 18.9 Å². The van der Waals surface area contributed by atoms with Crippen LogP contribution in [0.1, 0.15) is 43.9 Å². The highest BCUT2D eigenvalue weighted by Gasteiger charge is 2.18. The van der Waals surface area contributed by atoms with Crippen molar-refractivity contribution >= 4 is 44.9 Å². The van der Waals surface area contributed by atoms with Gasteiger partial charge in [0, 0.05) is 58.3 Å². The fourth-order valence-corrected chi connectivity index (χ4v) is 5.04. The number of primary amides is 1. The smallest absolute Gasteiger partial charge is 0.237 e. The number of hydrogen-bond donors (Lipinski definition) is 4. The molecule has 1 heterocycles.